The molecule has 0 saturated heterocycles. The lowest BCUT2D eigenvalue weighted by atomic mass is 10.00. The molecule has 4 heteroatoms. The van der Waals surface area contributed by atoms with Crippen LogP contribution in [0.2, 0.25) is 5.02 Å². The number of rotatable bonds is 5. The van der Waals surface area contributed by atoms with E-state index in [4.69, 9.17) is 11.6 Å². The van der Waals surface area contributed by atoms with E-state index >= 15 is 0 Å². The highest BCUT2D eigenvalue weighted by Crippen LogP contribution is 2.33. The van der Waals surface area contributed by atoms with Crippen molar-refractivity contribution in [1.29, 1.82) is 0 Å². The molecule has 0 spiro atoms. The minimum atomic E-state index is -0.112. The zero-order chi connectivity index (χ0) is 13.3. The highest BCUT2D eigenvalue weighted by molar-refractivity contribution is 7.98. The van der Waals surface area contributed by atoms with E-state index < -0.39 is 0 Å². The van der Waals surface area contributed by atoms with Crippen LogP contribution in [0, 0.1) is 12.8 Å². The number of hydrogen-bond acceptors (Lipinski definition) is 3. The van der Waals surface area contributed by atoms with Crippen molar-refractivity contribution in [1.82, 2.24) is 0 Å². The Kier molecular flexibility index (Phi) is 4.13. The Morgan fingerprint density at radius 3 is 2.61 bits per heavy atom. The molecule has 1 fully saturated rings. The summed E-state index contributed by atoms with van der Waals surface area (Å²) in [7, 11) is 0. The summed E-state index contributed by atoms with van der Waals surface area (Å²) in [5, 5.41) is 0.618. The molecule has 0 heterocycles. The van der Waals surface area contributed by atoms with Gasteiger partial charge < -0.3 is 0 Å². The van der Waals surface area contributed by atoms with E-state index in [2.05, 4.69) is 0 Å². The first kappa shape index (κ1) is 13.6. The second-order valence-corrected chi connectivity index (χ2v) is 5.82. The number of halogens is 1. The number of Topliss-reactive ketones (excluding diaryl/α,β-unsaturated/α-hetero) is 2. The van der Waals surface area contributed by atoms with Gasteiger partial charge in [-0.15, -0.1) is 11.8 Å². The molecule has 0 bridgehead atoms. The van der Waals surface area contributed by atoms with Crippen LogP contribution in [0.5, 0.6) is 0 Å². The van der Waals surface area contributed by atoms with Crippen molar-refractivity contribution in [3.63, 3.8) is 0 Å². The van der Waals surface area contributed by atoms with Crippen molar-refractivity contribution in [3.05, 3.63) is 28.3 Å². The fourth-order valence-corrected chi connectivity index (χ4v) is 2.86. The van der Waals surface area contributed by atoms with Crippen LogP contribution in [-0.4, -0.2) is 17.8 Å². The Labute approximate surface area is 116 Å². The summed E-state index contributed by atoms with van der Waals surface area (Å²) in [6.07, 6.45) is 3.84. The third-order valence-electron chi connectivity index (χ3n) is 3.24. The Hall–Kier alpha value is -0.800. The van der Waals surface area contributed by atoms with E-state index in [0.29, 0.717) is 10.6 Å². The van der Waals surface area contributed by atoms with Crippen LogP contribution < -0.4 is 0 Å². The minimum absolute atomic E-state index is 0.0143. The van der Waals surface area contributed by atoms with Gasteiger partial charge in [0.15, 0.2) is 5.78 Å². The second kappa shape index (κ2) is 5.45. The number of hydrogen-bond donors (Lipinski definition) is 0. The highest BCUT2D eigenvalue weighted by atomic mass is 35.5. The van der Waals surface area contributed by atoms with Gasteiger partial charge in [0.2, 0.25) is 0 Å². The van der Waals surface area contributed by atoms with Crippen LogP contribution in [-0.2, 0) is 4.79 Å². The van der Waals surface area contributed by atoms with E-state index in [1.54, 1.807) is 17.8 Å². The van der Waals surface area contributed by atoms with Gasteiger partial charge in [-0.05, 0) is 43.7 Å². The molecule has 0 N–H and O–H groups in total. The fraction of sp³-hybridized carbons (Fsp3) is 0.429. The lowest BCUT2D eigenvalue weighted by Crippen LogP contribution is -2.11. The summed E-state index contributed by atoms with van der Waals surface area (Å²) >= 11 is 7.74. The Morgan fingerprint density at radius 2 is 2.06 bits per heavy atom. The lowest BCUT2D eigenvalue weighted by Gasteiger charge is -2.09. The number of thioether (sulfide) groups is 1. The van der Waals surface area contributed by atoms with Crippen molar-refractivity contribution in [2.45, 2.75) is 31.1 Å². The van der Waals surface area contributed by atoms with E-state index in [0.717, 1.165) is 23.3 Å². The molecule has 0 aliphatic heterocycles. The van der Waals surface area contributed by atoms with E-state index in [9.17, 15) is 9.59 Å². The molecule has 0 unspecified atom stereocenters. The van der Waals surface area contributed by atoms with Gasteiger partial charge in [0.05, 0.1) is 11.4 Å². The van der Waals surface area contributed by atoms with E-state index in [-0.39, 0.29) is 23.9 Å². The van der Waals surface area contributed by atoms with Gasteiger partial charge >= 0.3 is 0 Å². The summed E-state index contributed by atoms with van der Waals surface area (Å²) < 4.78 is 0. The van der Waals surface area contributed by atoms with Crippen LogP contribution in [0.15, 0.2) is 17.0 Å². The van der Waals surface area contributed by atoms with E-state index in [1.165, 1.54) is 0 Å². The van der Waals surface area contributed by atoms with Gasteiger partial charge in [0, 0.05) is 16.4 Å². The van der Waals surface area contributed by atoms with Crippen molar-refractivity contribution < 1.29 is 9.59 Å². The largest absolute Gasteiger partial charge is 0.299 e. The van der Waals surface area contributed by atoms with Gasteiger partial charge in [-0.3, -0.25) is 9.59 Å². The first-order chi connectivity index (χ1) is 8.54. The average Bonchev–Trinajstić information content (AvgIpc) is 3.16. The molecule has 2 nitrogen and oxygen atoms in total. The molecular weight excluding hydrogens is 268 g/mol. The molecule has 0 radical (unpaired) electrons. The molecule has 1 aliphatic rings. The zero-order valence-corrected chi connectivity index (χ0v) is 12.0. The van der Waals surface area contributed by atoms with E-state index in [1.807, 2.05) is 19.2 Å². The predicted octanol–water partition coefficient (Wildman–Crippen LogP) is 3.92. The molecule has 0 atom stereocenters. The van der Waals surface area contributed by atoms with Crippen LogP contribution in [0.4, 0.5) is 0 Å². The minimum Gasteiger partial charge on any atom is -0.299 e. The van der Waals surface area contributed by atoms with Crippen molar-refractivity contribution in [2.75, 3.05) is 6.26 Å². The molecule has 1 aliphatic carbocycles. The number of carbonyl (C=O) groups excluding carboxylic acids is 2. The third-order valence-corrected chi connectivity index (χ3v) is 4.62. The Bertz CT molecular complexity index is 507. The highest BCUT2D eigenvalue weighted by Gasteiger charge is 2.31. The first-order valence-electron chi connectivity index (χ1n) is 5.93. The summed E-state index contributed by atoms with van der Waals surface area (Å²) in [6.45, 7) is 1.83. The maximum absolute atomic E-state index is 12.1. The standard InChI is InChI=1S/C14H15ClO2S/c1-8-10(5-6-13(18-2)14(8)15)12(17)7-11(16)9-3-4-9/h5-6,9H,3-4,7H2,1-2H3. The summed E-state index contributed by atoms with van der Waals surface area (Å²) in [4.78, 5) is 24.7. The topological polar surface area (TPSA) is 34.1 Å². The molecule has 0 amide bonds. The number of ketones is 2. The normalized spacial score (nSPS) is 14.6. The van der Waals surface area contributed by atoms with Crippen LogP contribution in [0.1, 0.15) is 35.2 Å². The van der Waals surface area contributed by atoms with Gasteiger partial charge in [-0.2, -0.15) is 0 Å². The maximum atomic E-state index is 12.1. The SMILES string of the molecule is CSc1ccc(C(=O)CC(=O)C2CC2)c(C)c1Cl. The molecule has 0 aromatic heterocycles. The van der Waals surface area contributed by atoms with Crippen LogP contribution >= 0.6 is 23.4 Å². The van der Waals surface area contributed by atoms with Gasteiger partial charge in [0.25, 0.3) is 0 Å². The summed E-state index contributed by atoms with van der Waals surface area (Å²) in [5.41, 5.74) is 1.35. The molecule has 18 heavy (non-hydrogen) atoms. The smallest absolute Gasteiger partial charge is 0.170 e. The second-order valence-electron chi connectivity index (χ2n) is 4.59. The number of carbonyl (C=O) groups is 2. The molecular formula is C14H15ClO2S. The van der Waals surface area contributed by atoms with Crippen molar-refractivity contribution in [2.24, 2.45) is 5.92 Å². The molecule has 1 aromatic rings. The molecule has 96 valence electrons. The average molecular weight is 283 g/mol. The Morgan fingerprint density at radius 1 is 1.39 bits per heavy atom. The van der Waals surface area contributed by atoms with Crippen LogP contribution in [0.25, 0.3) is 0 Å². The fourth-order valence-electron chi connectivity index (χ4n) is 1.92. The maximum Gasteiger partial charge on any atom is 0.170 e. The van der Waals surface area contributed by atoms with Gasteiger partial charge in [-0.25, -0.2) is 0 Å². The van der Waals surface area contributed by atoms with Crippen LogP contribution in [0.3, 0.4) is 0 Å². The summed E-state index contributed by atoms with van der Waals surface area (Å²) in [6, 6.07) is 3.62. The quantitative estimate of drug-likeness (QED) is 0.466. The lowest BCUT2D eigenvalue weighted by molar-refractivity contribution is -0.119. The molecule has 2 rings (SSSR count). The van der Waals surface area contributed by atoms with Crippen molar-refractivity contribution in [3.8, 4) is 0 Å². The number of benzene rings is 1. The molecule has 1 aromatic carbocycles. The zero-order valence-electron chi connectivity index (χ0n) is 10.5. The monoisotopic (exact) mass is 282 g/mol. The molecule has 1 saturated carbocycles. The summed E-state index contributed by atoms with van der Waals surface area (Å²) in [5.74, 6) is 0.0959. The predicted molar refractivity (Wildman–Crippen MR) is 74.6 cm³/mol. The van der Waals surface area contributed by atoms with Crippen molar-refractivity contribution >= 4 is 34.9 Å². The van der Waals surface area contributed by atoms with Gasteiger partial charge in [-0.1, -0.05) is 11.6 Å². The third kappa shape index (κ3) is 2.78. The Balaban J connectivity index is 2.19. The van der Waals surface area contributed by atoms with Gasteiger partial charge in [0.1, 0.15) is 5.78 Å². The first-order valence-corrected chi connectivity index (χ1v) is 7.54.